The summed E-state index contributed by atoms with van der Waals surface area (Å²) < 4.78 is 4.82. The van der Waals surface area contributed by atoms with Gasteiger partial charge in [-0.2, -0.15) is 0 Å². The van der Waals surface area contributed by atoms with Crippen LogP contribution in [0.5, 0.6) is 0 Å². The predicted octanol–water partition coefficient (Wildman–Crippen LogP) is 2.56. The zero-order valence-electron chi connectivity index (χ0n) is 9.67. The highest BCUT2D eigenvalue weighted by Gasteiger charge is 2.06. The van der Waals surface area contributed by atoms with E-state index in [0.29, 0.717) is 12.2 Å². The van der Waals surface area contributed by atoms with Crippen LogP contribution in [0.15, 0.2) is 29.8 Å². The third kappa shape index (κ3) is 3.71. The van der Waals surface area contributed by atoms with Crippen LogP contribution in [-0.2, 0) is 9.53 Å². The van der Waals surface area contributed by atoms with Crippen molar-refractivity contribution < 1.29 is 14.5 Å². The predicted molar refractivity (Wildman–Crippen MR) is 63.4 cm³/mol. The second kappa shape index (κ2) is 5.79. The highest BCUT2D eigenvalue weighted by Crippen LogP contribution is 2.14. The second-order valence-corrected chi connectivity index (χ2v) is 3.40. The zero-order chi connectivity index (χ0) is 12.8. The number of carbonyl (C=O) groups excluding carboxylic acids is 1. The monoisotopic (exact) mass is 235 g/mol. The normalized spacial score (nSPS) is 11.1. The maximum absolute atomic E-state index is 11.3. The van der Waals surface area contributed by atoms with Crippen LogP contribution in [0.25, 0.3) is 6.08 Å². The van der Waals surface area contributed by atoms with Gasteiger partial charge in [0.1, 0.15) is 0 Å². The summed E-state index contributed by atoms with van der Waals surface area (Å²) >= 11 is 0. The molecule has 0 amide bonds. The first-order valence-corrected chi connectivity index (χ1v) is 5.14. The molecule has 0 radical (unpaired) electrons. The van der Waals surface area contributed by atoms with Crippen molar-refractivity contribution in [1.82, 2.24) is 0 Å². The highest BCUT2D eigenvalue weighted by atomic mass is 16.6. The van der Waals surface area contributed by atoms with Gasteiger partial charge < -0.3 is 4.74 Å². The van der Waals surface area contributed by atoms with Gasteiger partial charge in [0, 0.05) is 17.7 Å². The summed E-state index contributed by atoms with van der Waals surface area (Å²) in [4.78, 5) is 21.3. The Morgan fingerprint density at radius 1 is 1.41 bits per heavy atom. The van der Waals surface area contributed by atoms with Crippen LogP contribution in [0.4, 0.5) is 5.69 Å². The van der Waals surface area contributed by atoms with E-state index in [2.05, 4.69) is 0 Å². The average Bonchev–Trinajstić information content (AvgIpc) is 2.30. The van der Waals surface area contributed by atoms with Crippen LogP contribution in [0.2, 0.25) is 0 Å². The Kier molecular flexibility index (Phi) is 4.39. The van der Waals surface area contributed by atoms with Crippen LogP contribution < -0.4 is 0 Å². The number of ether oxygens (including phenoxy) is 1. The molecular formula is C12H13NO4. The quantitative estimate of drug-likeness (QED) is 0.348. The van der Waals surface area contributed by atoms with E-state index in [9.17, 15) is 14.9 Å². The molecule has 1 aromatic rings. The molecule has 0 bridgehead atoms. The smallest absolute Gasteiger partial charge is 0.333 e. The summed E-state index contributed by atoms with van der Waals surface area (Å²) in [7, 11) is 0. The van der Waals surface area contributed by atoms with E-state index in [1.165, 1.54) is 12.1 Å². The number of non-ortho nitro benzene ring substituents is 1. The van der Waals surface area contributed by atoms with Gasteiger partial charge in [0.15, 0.2) is 0 Å². The molecule has 0 N–H and O–H groups in total. The summed E-state index contributed by atoms with van der Waals surface area (Å²) in [6.07, 6.45) is 1.63. The van der Waals surface area contributed by atoms with E-state index in [0.717, 1.165) is 5.56 Å². The molecular weight excluding hydrogens is 222 g/mol. The van der Waals surface area contributed by atoms with E-state index in [4.69, 9.17) is 4.74 Å². The minimum absolute atomic E-state index is 0.0240. The molecule has 0 saturated carbocycles. The number of esters is 1. The van der Waals surface area contributed by atoms with Crippen molar-refractivity contribution in [3.05, 3.63) is 45.5 Å². The molecule has 5 nitrogen and oxygen atoms in total. The first-order chi connectivity index (χ1) is 8.04. The molecule has 0 fully saturated rings. The number of benzene rings is 1. The molecule has 90 valence electrons. The summed E-state index contributed by atoms with van der Waals surface area (Å²) in [6, 6.07) is 5.95. The number of rotatable bonds is 4. The minimum Gasteiger partial charge on any atom is -0.463 e. The molecule has 0 atom stereocenters. The molecule has 0 aromatic heterocycles. The topological polar surface area (TPSA) is 69.4 Å². The summed E-state index contributed by atoms with van der Waals surface area (Å²) in [5.74, 6) is -0.383. The molecule has 0 aliphatic carbocycles. The van der Waals surface area contributed by atoms with Gasteiger partial charge in [-0.1, -0.05) is 0 Å². The van der Waals surface area contributed by atoms with Crippen molar-refractivity contribution in [2.45, 2.75) is 13.8 Å². The molecule has 5 heteroatoms. The fourth-order valence-electron chi connectivity index (χ4n) is 1.25. The first kappa shape index (κ1) is 12.9. The molecule has 0 saturated heterocycles. The molecule has 0 spiro atoms. The third-order valence-corrected chi connectivity index (χ3v) is 2.08. The van der Waals surface area contributed by atoms with Crippen LogP contribution >= 0.6 is 0 Å². The Balaban J connectivity index is 2.84. The summed E-state index contributed by atoms with van der Waals surface area (Å²) in [5.41, 5.74) is 1.21. The fraction of sp³-hybridized carbons (Fsp3) is 0.250. The van der Waals surface area contributed by atoms with Crippen molar-refractivity contribution in [3.63, 3.8) is 0 Å². The van der Waals surface area contributed by atoms with E-state index in [1.54, 1.807) is 32.1 Å². The summed E-state index contributed by atoms with van der Waals surface area (Å²) in [6.45, 7) is 3.70. The largest absolute Gasteiger partial charge is 0.463 e. The van der Waals surface area contributed by atoms with Crippen LogP contribution in [0.3, 0.4) is 0 Å². The van der Waals surface area contributed by atoms with Gasteiger partial charge in [-0.15, -0.1) is 0 Å². The Morgan fingerprint density at radius 2 is 2.00 bits per heavy atom. The van der Waals surface area contributed by atoms with E-state index >= 15 is 0 Å². The lowest BCUT2D eigenvalue weighted by Crippen LogP contribution is -2.04. The number of hydrogen-bond acceptors (Lipinski definition) is 4. The molecule has 1 rings (SSSR count). The van der Waals surface area contributed by atoms with Gasteiger partial charge >= 0.3 is 5.97 Å². The Labute approximate surface area is 98.9 Å². The van der Waals surface area contributed by atoms with Gasteiger partial charge in [-0.3, -0.25) is 10.1 Å². The molecule has 0 unspecified atom stereocenters. The Bertz CT molecular complexity index is 448. The van der Waals surface area contributed by atoms with Gasteiger partial charge in [0.05, 0.1) is 11.5 Å². The van der Waals surface area contributed by atoms with E-state index in [1.807, 2.05) is 0 Å². The SMILES string of the molecule is CCOC(=O)C(C)=Cc1ccc([N+](=O)[O-])cc1. The molecule has 1 aromatic carbocycles. The van der Waals surface area contributed by atoms with Gasteiger partial charge in [0.25, 0.3) is 5.69 Å². The maximum atomic E-state index is 11.3. The van der Waals surface area contributed by atoms with Crippen molar-refractivity contribution in [2.24, 2.45) is 0 Å². The Hall–Kier alpha value is -2.17. The van der Waals surface area contributed by atoms with Gasteiger partial charge in [-0.05, 0) is 37.6 Å². The molecule has 0 aliphatic heterocycles. The van der Waals surface area contributed by atoms with Crippen molar-refractivity contribution >= 4 is 17.7 Å². The van der Waals surface area contributed by atoms with Crippen molar-refractivity contribution in [2.75, 3.05) is 6.61 Å². The van der Waals surface area contributed by atoms with Crippen LogP contribution in [0, 0.1) is 10.1 Å². The fourth-order valence-corrected chi connectivity index (χ4v) is 1.25. The van der Waals surface area contributed by atoms with Gasteiger partial charge in [-0.25, -0.2) is 4.79 Å². The Morgan fingerprint density at radius 3 is 2.47 bits per heavy atom. The lowest BCUT2D eigenvalue weighted by molar-refractivity contribution is -0.384. The van der Waals surface area contributed by atoms with Crippen LogP contribution in [-0.4, -0.2) is 17.5 Å². The number of carbonyl (C=O) groups is 1. The molecule has 17 heavy (non-hydrogen) atoms. The number of hydrogen-bond donors (Lipinski definition) is 0. The highest BCUT2D eigenvalue weighted by molar-refractivity contribution is 5.92. The lowest BCUT2D eigenvalue weighted by atomic mass is 10.1. The van der Waals surface area contributed by atoms with E-state index in [-0.39, 0.29) is 11.7 Å². The maximum Gasteiger partial charge on any atom is 0.333 e. The molecule has 0 heterocycles. The first-order valence-electron chi connectivity index (χ1n) is 5.14. The second-order valence-electron chi connectivity index (χ2n) is 3.40. The lowest BCUT2D eigenvalue weighted by Gasteiger charge is -2.01. The standard InChI is InChI=1S/C12H13NO4/c1-3-17-12(14)9(2)8-10-4-6-11(7-5-10)13(15)16/h4-8H,3H2,1-2H3. The van der Waals surface area contributed by atoms with Crippen molar-refractivity contribution in [3.8, 4) is 0 Å². The van der Waals surface area contributed by atoms with E-state index < -0.39 is 4.92 Å². The number of nitro benzene ring substituents is 1. The third-order valence-electron chi connectivity index (χ3n) is 2.08. The molecule has 0 aliphatic rings. The minimum atomic E-state index is -0.467. The van der Waals surface area contributed by atoms with Crippen LogP contribution in [0.1, 0.15) is 19.4 Å². The summed E-state index contributed by atoms with van der Waals surface area (Å²) in [5, 5.41) is 10.4. The van der Waals surface area contributed by atoms with Gasteiger partial charge in [0.2, 0.25) is 0 Å². The zero-order valence-corrected chi connectivity index (χ0v) is 9.67. The number of nitro groups is 1. The number of nitrogens with zero attached hydrogens (tertiary/aromatic N) is 1. The average molecular weight is 235 g/mol. The van der Waals surface area contributed by atoms with Crippen molar-refractivity contribution in [1.29, 1.82) is 0 Å².